The van der Waals surface area contributed by atoms with Crippen molar-refractivity contribution in [2.24, 2.45) is 0 Å². The van der Waals surface area contributed by atoms with E-state index >= 15 is 0 Å². The zero-order chi connectivity index (χ0) is 27.6. The number of methoxy groups -OCH3 is 2. The first kappa shape index (κ1) is 30.0. The van der Waals surface area contributed by atoms with Crippen LogP contribution in [0, 0.1) is 0 Å². The minimum atomic E-state index is -3.88. The number of nitrogens with zero attached hydrogens (tertiary/aromatic N) is 2. The first-order chi connectivity index (χ1) is 17.5. The molecule has 0 saturated carbocycles. The van der Waals surface area contributed by atoms with Crippen LogP contribution < -0.4 is 19.1 Å². The Labute approximate surface area is 220 Å². The molecule has 10 heteroatoms. The molecule has 2 aromatic rings. The Kier molecular flexibility index (Phi) is 11.2. The molecule has 37 heavy (non-hydrogen) atoms. The standard InChI is InChI=1S/C27H39N3O6S/c1-7-20(3)28-27(32)23(8-2)29(17-16-21-12-10-9-11-13-21)26(31)19-30(37(6,33)34)24-15-14-22(35-4)18-25(24)36-5/h9-15,18,20,23H,7-8,16-17,19H2,1-6H3,(H,28,32)/t20-,23+/m0/s1. The van der Waals surface area contributed by atoms with Gasteiger partial charge < -0.3 is 19.7 Å². The summed E-state index contributed by atoms with van der Waals surface area (Å²) in [6.07, 6.45) is 2.68. The van der Waals surface area contributed by atoms with Crippen molar-refractivity contribution in [3.05, 3.63) is 54.1 Å². The van der Waals surface area contributed by atoms with E-state index < -0.39 is 28.5 Å². The molecule has 0 radical (unpaired) electrons. The third-order valence-electron chi connectivity index (χ3n) is 6.21. The Bertz CT molecular complexity index is 1140. The molecule has 0 aliphatic heterocycles. The summed E-state index contributed by atoms with van der Waals surface area (Å²) >= 11 is 0. The summed E-state index contributed by atoms with van der Waals surface area (Å²) in [5.74, 6) is -0.0100. The van der Waals surface area contributed by atoms with Crippen molar-refractivity contribution in [2.75, 3.05) is 37.9 Å². The van der Waals surface area contributed by atoms with Crippen LogP contribution in [0.15, 0.2) is 48.5 Å². The zero-order valence-corrected chi connectivity index (χ0v) is 23.4. The second kappa shape index (κ2) is 13.9. The van der Waals surface area contributed by atoms with E-state index in [-0.39, 0.29) is 29.9 Å². The molecule has 0 fully saturated rings. The van der Waals surface area contributed by atoms with Crippen molar-refractivity contribution in [1.82, 2.24) is 10.2 Å². The molecule has 0 unspecified atom stereocenters. The highest BCUT2D eigenvalue weighted by atomic mass is 32.2. The molecule has 0 bridgehead atoms. The highest BCUT2D eigenvalue weighted by Crippen LogP contribution is 2.33. The molecule has 1 N–H and O–H groups in total. The second-order valence-electron chi connectivity index (χ2n) is 8.87. The maximum Gasteiger partial charge on any atom is 0.244 e. The van der Waals surface area contributed by atoms with Crippen LogP contribution in [0.4, 0.5) is 5.69 Å². The van der Waals surface area contributed by atoms with Crippen LogP contribution in [-0.4, -0.2) is 70.8 Å². The lowest BCUT2D eigenvalue weighted by Gasteiger charge is -2.33. The molecule has 0 aliphatic rings. The van der Waals surface area contributed by atoms with Crippen LogP contribution in [0.3, 0.4) is 0 Å². The summed E-state index contributed by atoms with van der Waals surface area (Å²) in [7, 11) is -0.969. The number of anilines is 1. The molecule has 204 valence electrons. The number of sulfonamides is 1. The van der Waals surface area contributed by atoms with Gasteiger partial charge >= 0.3 is 0 Å². The molecule has 2 atom stereocenters. The minimum absolute atomic E-state index is 0.0521. The van der Waals surface area contributed by atoms with Gasteiger partial charge in [0.1, 0.15) is 24.1 Å². The monoisotopic (exact) mass is 533 g/mol. The van der Waals surface area contributed by atoms with Gasteiger partial charge in [-0.25, -0.2) is 8.42 Å². The van der Waals surface area contributed by atoms with E-state index in [2.05, 4.69) is 5.32 Å². The fourth-order valence-electron chi connectivity index (χ4n) is 3.92. The topological polar surface area (TPSA) is 105 Å². The molecule has 0 aliphatic carbocycles. The van der Waals surface area contributed by atoms with Gasteiger partial charge in [-0.2, -0.15) is 0 Å². The van der Waals surface area contributed by atoms with E-state index in [4.69, 9.17) is 9.47 Å². The fourth-order valence-corrected chi connectivity index (χ4v) is 4.78. The second-order valence-corrected chi connectivity index (χ2v) is 10.8. The Morgan fingerprint density at radius 2 is 1.68 bits per heavy atom. The van der Waals surface area contributed by atoms with E-state index in [0.29, 0.717) is 18.6 Å². The lowest BCUT2D eigenvalue weighted by Crippen LogP contribution is -2.54. The van der Waals surface area contributed by atoms with E-state index in [0.717, 1.165) is 22.5 Å². The number of nitrogens with one attached hydrogen (secondary N) is 1. The lowest BCUT2D eigenvalue weighted by atomic mass is 10.1. The van der Waals surface area contributed by atoms with Crippen molar-refractivity contribution in [2.45, 2.75) is 52.1 Å². The maximum atomic E-state index is 13.8. The van der Waals surface area contributed by atoms with Crippen LogP contribution in [0.5, 0.6) is 11.5 Å². The summed E-state index contributed by atoms with van der Waals surface area (Å²) < 4.78 is 37.3. The largest absolute Gasteiger partial charge is 0.497 e. The SMILES string of the molecule is CC[C@H](C(=O)N[C@@H](C)CC)N(CCc1ccccc1)C(=O)CN(c1ccc(OC)cc1OC)S(C)(=O)=O. The number of rotatable bonds is 14. The molecular weight excluding hydrogens is 494 g/mol. The number of carbonyl (C=O) groups excluding carboxylic acids is 2. The molecular formula is C27H39N3O6S. The van der Waals surface area contributed by atoms with E-state index in [1.165, 1.54) is 25.2 Å². The molecule has 2 rings (SSSR count). The van der Waals surface area contributed by atoms with Crippen molar-refractivity contribution in [3.63, 3.8) is 0 Å². The van der Waals surface area contributed by atoms with Crippen LogP contribution in [0.1, 0.15) is 39.2 Å². The first-order valence-electron chi connectivity index (χ1n) is 12.4. The van der Waals surface area contributed by atoms with Crippen molar-refractivity contribution >= 4 is 27.5 Å². The summed E-state index contributed by atoms with van der Waals surface area (Å²) in [5, 5.41) is 2.96. The third kappa shape index (κ3) is 8.38. The van der Waals surface area contributed by atoms with Crippen molar-refractivity contribution < 1.29 is 27.5 Å². The number of benzene rings is 2. The maximum absolute atomic E-state index is 13.8. The molecule has 2 aromatic carbocycles. The summed E-state index contributed by atoms with van der Waals surface area (Å²) in [6, 6.07) is 13.5. The molecule has 2 amide bonds. The van der Waals surface area contributed by atoms with Crippen LogP contribution >= 0.6 is 0 Å². The van der Waals surface area contributed by atoms with E-state index in [9.17, 15) is 18.0 Å². The van der Waals surface area contributed by atoms with Gasteiger partial charge in [-0.3, -0.25) is 13.9 Å². The Hall–Kier alpha value is -3.27. The first-order valence-corrected chi connectivity index (χ1v) is 14.2. The van der Waals surface area contributed by atoms with Gasteiger partial charge in [0.2, 0.25) is 21.8 Å². The van der Waals surface area contributed by atoms with Crippen molar-refractivity contribution in [1.29, 1.82) is 0 Å². The van der Waals surface area contributed by atoms with Gasteiger partial charge in [0, 0.05) is 18.7 Å². The van der Waals surface area contributed by atoms with Gasteiger partial charge in [0.25, 0.3) is 0 Å². The molecule has 0 aromatic heterocycles. The Balaban J connectivity index is 2.43. The quantitative estimate of drug-likeness (QED) is 0.400. The average Bonchev–Trinajstić information content (AvgIpc) is 2.88. The van der Waals surface area contributed by atoms with E-state index in [1.54, 1.807) is 12.1 Å². The number of carbonyl (C=O) groups is 2. The van der Waals surface area contributed by atoms with Gasteiger partial charge in [-0.15, -0.1) is 0 Å². The molecule has 0 heterocycles. The smallest absolute Gasteiger partial charge is 0.244 e. The molecule has 0 saturated heterocycles. The highest BCUT2D eigenvalue weighted by molar-refractivity contribution is 7.92. The number of hydrogen-bond acceptors (Lipinski definition) is 6. The van der Waals surface area contributed by atoms with Gasteiger partial charge in [-0.05, 0) is 43.9 Å². The number of hydrogen-bond donors (Lipinski definition) is 1. The molecule has 0 spiro atoms. The van der Waals surface area contributed by atoms with Gasteiger partial charge in [0.15, 0.2) is 0 Å². The zero-order valence-electron chi connectivity index (χ0n) is 22.6. The number of amides is 2. The van der Waals surface area contributed by atoms with Crippen LogP contribution in [0.2, 0.25) is 0 Å². The fraction of sp³-hybridized carbons (Fsp3) is 0.481. The summed E-state index contributed by atoms with van der Waals surface area (Å²) in [4.78, 5) is 28.4. The predicted molar refractivity (Wildman–Crippen MR) is 146 cm³/mol. The predicted octanol–water partition coefficient (Wildman–Crippen LogP) is 3.23. The van der Waals surface area contributed by atoms with Crippen LogP contribution in [0.25, 0.3) is 0 Å². The van der Waals surface area contributed by atoms with Crippen LogP contribution in [-0.2, 0) is 26.0 Å². The van der Waals surface area contributed by atoms with Gasteiger partial charge in [0.05, 0.1) is 26.2 Å². The highest BCUT2D eigenvalue weighted by Gasteiger charge is 2.32. The molecule has 9 nitrogen and oxygen atoms in total. The van der Waals surface area contributed by atoms with Crippen molar-refractivity contribution in [3.8, 4) is 11.5 Å². The Morgan fingerprint density at radius 3 is 2.22 bits per heavy atom. The number of ether oxygens (including phenoxy) is 2. The average molecular weight is 534 g/mol. The van der Waals surface area contributed by atoms with Gasteiger partial charge in [-0.1, -0.05) is 44.2 Å². The summed E-state index contributed by atoms with van der Waals surface area (Å²) in [5.41, 5.74) is 1.22. The van der Waals surface area contributed by atoms with E-state index in [1.807, 2.05) is 51.1 Å². The summed E-state index contributed by atoms with van der Waals surface area (Å²) in [6.45, 7) is 5.49. The normalized spacial score (nSPS) is 12.8. The Morgan fingerprint density at radius 1 is 1.00 bits per heavy atom. The third-order valence-corrected chi connectivity index (χ3v) is 7.33. The lowest BCUT2D eigenvalue weighted by molar-refractivity contribution is -0.139. The minimum Gasteiger partial charge on any atom is -0.497 e.